The molecule has 2 aromatic rings. The number of halogens is 1. The first kappa shape index (κ1) is 16.1. The standard InChI is InChI=1S/C20H25FN2S/c21-18-8-10-22(15-18)14-16-6-11-23(12-7-16)19-9-13-24-20(19)17-4-2-1-3-5-17/h1-5,9,13,16,18H,6-8,10-12,14-15H2/t18-/m0/s1. The Morgan fingerprint density at radius 2 is 1.79 bits per heavy atom. The summed E-state index contributed by atoms with van der Waals surface area (Å²) in [4.78, 5) is 6.25. The highest BCUT2D eigenvalue weighted by Crippen LogP contribution is 2.37. The smallest absolute Gasteiger partial charge is 0.114 e. The predicted molar refractivity (Wildman–Crippen MR) is 101 cm³/mol. The molecule has 0 saturated carbocycles. The first-order valence-electron chi connectivity index (χ1n) is 9.04. The van der Waals surface area contributed by atoms with Crippen LogP contribution in [0.5, 0.6) is 0 Å². The molecule has 4 heteroatoms. The van der Waals surface area contributed by atoms with Crippen LogP contribution in [0.1, 0.15) is 19.3 Å². The van der Waals surface area contributed by atoms with E-state index < -0.39 is 6.17 Å². The van der Waals surface area contributed by atoms with E-state index in [9.17, 15) is 4.39 Å². The summed E-state index contributed by atoms with van der Waals surface area (Å²) in [6, 6.07) is 13.0. The number of thiophene rings is 1. The van der Waals surface area contributed by atoms with Crippen LogP contribution in [0.25, 0.3) is 10.4 Å². The number of piperidine rings is 1. The van der Waals surface area contributed by atoms with Gasteiger partial charge in [-0.05, 0) is 42.2 Å². The van der Waals surface area contributed by atoms with Crippen LogP contribution in [0.15, 0.2) is 41.8 Å². The van der Waals surface area contributed by atoms with Crippen LogP contribution in [0.4, 0.5) is 10.1 Å². The molecule has 0 amide bonds. The first-order chi connectivity index (χ1) is 11.8. The van der Waals surface area contributed by atoms with Gasteiger partial charge in [-0.1, -0.05) is 30.3 Å². The molecule has 1 aromatic carbocycles. The lowest BCUT2D eigenvalue weighted by molar-refractivity contribution is 0.231. The third kappa shape index (κ3) is 3.50. The largest absolute Gasteiger partial charge is 0.370 e. The second-order valence-corrected chi connectivity index (χ2v) is 7.99. The van der Waals surface area contributed by atoms with Gasteiger partial charge in [-0.3, -0.25) is 0 Å². The summed E-state index contributed by atoms with van der Waals surface area (Å²) in [5.41, 5.74) is 2.70. The third-order valence-corrected chi connectivity index (χ3v) is 6.32. The fourth-order valence-corrected chi connectivity index (χ4v) is 4.95. The van der Waals surface area contributed by atoms with E-state index in [1.807, 2.05) is 11.3 Å². The van der Waals surface area contributed by atoms with Gasteiger partial charge in [-0.15, -0.1) is 11.3 Å². The molecule has 0 unspecified atom stereocenters. The fourth-order valence-electron chi connectivity index (χ4n) is 4.03. The summed E-state index contributed by atoms with van der Waals surface area (Å²) in [7, 11) is 0. The topological polar surface area (TPSA) is 6.48 Å². The number of hydrogen-bond donors (Lipinski definition) is 0. The Labute approximate surface area is 147 Å². The minimum absolute atomic E-state index is 0.593. The van der Waals surface area contributed by atoms with E-state index >= 15 is 0 Å². The highest BCUT2D eigenvalue weighted by molar-refractivity contribution is 7.14. The molecule has 1 atom stereocenters. The second-order valence-electron chi connectivity index (χ2n) is 7.08. The van der Waals surface area contributed by atoms with E-state index in [0.29, 0.717) is 6.54 Å². The minimum Gasteiger partial charge on any atom is -0.370 e. The van der Waals surface area contributed by atoms with E-state index in [2.05, 4.69) is 51.6 Å². The summed E-state index contributed by atoms with van der Waals surface area (Å²) in [5.74, 6) is 0.727. The van der Waals surface area contributed by atoms with Crippen molar-refractivity contribution in [2.75, 3.05) is 37.6 Å². The molecule has 4 rings (SSSR count). The van der Waals surface area contributed by atoms with Gasteiger partial charge in [-0.2, -0.15) is 0 Å². The summed E-state index contributed by atoms with van der Waals surface area (Å²) < 4.78 is 13.3. The Bertz CT molecular complexity index is 649. The Kier molecular flexibility index (Phi) is 4.86. The molecule has 2 nitrogen and oxygen atoms in total. The molecule has 1 aromatic heterocycles. The number of benzene rings is 1. The van der Waals surface area contributed by atoms with Crippen molar-refractivity contribution in [3.63, 3.8) is 0 Å². The van der Waals surface area contributed by atoms with Crippen molar-refractivity contribution in [1.29, 1.82) is 0 Å². The summed E-state index contributed by atoms with van der Waals surface area (Å²) in [5, 5.41) is 2.20. The van der Waals surface area contributed by atoms with E-state index in [-0.39, 0.29) is 0 Å². The zero-order valence-electron chi connectivity index (χ0n) is 14.0. The zero-order valence-corrected chi connectivity index (χ0v) is 14.9. The maximum Gasteiger partial charge on any atom is 0.114 e. The van der Waals surface area contributed by atoms with Crippen LogP contribution in [-0.4, -0.2) is 43.8 Å². The van der Waals surface area contributed by atoms with Gasteiger partial charge < -0.3 is 9.80 Å². The molecular weight excluding hydrogens is 319 g/mol. The molecule has 3 heterocycles. The molecule has 2 fully saturated rings. The predicted octanol–water partition coefficient (Wildman–Crippen LogP) is 4.68. The number of hydrogen-bond acceptors (Lipinski definition) is 3. The lowest BCUT2D eigenvalue weighted by Crippen LogP contribution is -2.38. The number of anilines is 1. The van der Waals surface area contributed by atoms with Crippen LogP contribution in [0.2, 0.25) is 0 Å². The zero-order chi connectivity index (χ0) is 16.4. The third-order valence-electron chi connectivity index (χ3n) is 5.37. The molecule has 24 heavy (non-hydrogen) atoms. The monoisotopic (exact) mass is 344 g/mol. The van der Waals surface area contributed by atoms with Crippen molar-refractivity contribution in [3.8, 4) is 10.4 Å². The number of likely N-dealkylation sites (tertiary alicyclic amines) is 1. The molecular formula is C20H25FN2S. The fraction of sp³-hybridized carbons (Fsp3) is 0.500. The van der Waals surface area contributed by atoms with Gasteiger partial charge in [-0.25, -0.2) is 4.39 Å². The molecule has 0 aliphatic carbocycles. The van der Waals surface area contributed by atoms with Crippen LogP contribution in [0.3, 0.4) is 0 Å². The van der Waals surface area contributed by atoms with Gasteiger partial charge >= 0.3 is 0 Å². The van der Waals surface area contributed by atoms with Gasteiger partial charge in [0.15, 0.2) is 0 Å². The quantitative estimate of drug-likeness (QED) is 0.795. The van der Waals surface area contributed by atoms with Gasteiger partial charge in [0.1, 0.15) is 6.17 Å². The average molecular weight is 344 g/mol. The van der Waals surface area contributed by atoms with Gasteiger partial charge in [0.05, 0.1) is 10.6 Å². The van der Waals surface area contributed by atoms with E-state index in [1.54, 1.807) is 0 Å². The summed E-state index contributed by atoms with van der Waals surface area (Å²) in [6.45, 7) is 4.93. The van der Waals surface area contributed by atoms with Gasteiger partial charge in [0.2, 0.25) is 0 Å². The summed E-state index contributed by atoms with van der Waals surface area (Å²) >= 11 is 1.83. The molecule has 2 aliphatic heterocycles. The van der Waals surface area contributed by atoms with Crippen molar-refractivity contribution in [2.45, 2.75) is 25.4 Å². The molecule has 0 spiro atoms. The van der Waals surface area contributed by atoms with Crippen LogP contribution in [0, 0.1) is 5.92 Å². The lowest BCUT2D eigenvalue weighted by Gasteiger charge is -2.35. The van der Waals surface area contributed by atoms with Crippen LogP contribution >= 0.6 is 11.3 Å². The Hall–Kier alpha value is -1.39. The highest BCUT2D eigenvalue weighted by atomic mass is 32.1. The van der Waals surface area contributed by atoms with Crippen LogP contribution in [-0.2, 0) is 0 Å². The minimum atomic E-state index is -0.593. The van der Waals surface area contributed by atoms with Gasteiger partial charge in [0.25, 0.3) is 0 Å². The van der Waals surface area contributed by atoms with Crippen molar-refractivity contribution >= 4 is 17.0 Å². The SMILES string of the molecule is F[C@H]1CCN(CC2CCN(c3ccsc3-c3ccccc3)CC2)C1. The van der Waals surface area contributed by atoms with Crippen molar-refractivity contribution < 1.29 is 4.39 Å². The molecule has 0 N–H and O–H groups in total. The maximum absolute atomic E-state index is 13.3. The molecule has 2 saturated heterocycles. The van der Waals surface area contributed by atoms with E-state index in [0.717, 1.165) is 38.5 Å². The second kappa shape index (κ2) is 7.24. The van der Waals surface area contributed by atoms with E-state index in [4.69, 9.17) is 0 Å². The normalized spacial score (nSPS) is 23.0. The number of rotatable bonds is 4. The molecule has 128 valence electrons. The highest BCUT2D eigenvalue weighted by Gasteiger charge is 2.27. The van der Waals surface area contributed by atoms with Gasteiger partial charge in [0, 0.05) is 32.7 Å². The van der Waals surface area contributed by atoms with E-state index in [1.165, 1.54) is 29.0 Å². The summed E-state index contributed by atoms with van der Waals surface area (Å²) in [6.07, 6.45) is 2.58. The first-order valence-corrected chi connectivity index (χ1v) is 9.92. The van der Waals surface area contributed by atoms with Crippen molar-refractivity contribution in [2.24, 2.45) is 5.92 Å². The average Bonchev–Trinajstić information content (AvgIpc) is 3.26. The Balaban J connectivity index is 1.37. The Morgan fingerprint density at radius 1 is 1.00 bits per heavy atom. The molecule has 0 bridgehead atoms. The number of nitrogens with zero attached hydrogens (tertiary/aromatic N) is 2. The molecule has 0 radical (unpaired) electrons. The number of alkyl halides is 1. The maximum atomic E-state index is 13.3. The van der Waals surface area contributed by atoms with Crippen molar-refractivity contribution in [1.82, 2.24) is 4.90 Å². The Morgan fingerprint density at radius 3 is 2.50 bits per heavy atom. The molecule has 2 aliphatic rings. The van der Waals surface area contributed by atoms with Crippen molar-refractivity contribution in [3.05, 3.63) is 41.8 Å². The lowest BCUT2D eigenvalue weighted by atomic mass is 9.95. The van der Waals surface area contributed by atoms with Crippen LogP contribution < -0.4 is 4.90 Å².